The molecule has 0 aliphatic carbocycles. The predicted octanol–water partition coefficient (Wildman–Crippen LogP) is 4.42. The summed E-state index contributed by atoms with van der Waals surface area (Å²) in [6.07, 6.45) is 1.94. The first-order valence-electron chi connectivity index (χ1n) is 9.69. The highest BCUT2D eigenvalue weighted by atomic mass is 32.1. The van der Waals surface area contributed by atoms with Gasteiger partial charge < -0.3 is 14.2 Å². The minimum atomic E-state index is 0.163. The lowest BCUT2D eigenvalue weighted by Gasteiger charge is -2.11. The molecule has 6 nitrogen and oxygen atoms in total. The molecule has 0 N–H and O–H groups in total. The third-order valence-electron chi connectivity index (χ3n) is 4.64. The molecule has 0 aliphatic heterocycles. The number of nitrogens with zero attached hydrogens (tertiary/aromatic N) is 3. The van der Waals surface area contributed by atoms with Crippen LogP contribution in [0.2, 0.25) is 0 Å². The molecule has 158 valence electrons. The maximum atomic E-state index is 5.61. The molecule has 30 heavy (non-hydrogen) atoms. The highest BCUT2D eigenvalue weighted by Gasteiger charge is 2.14. The van der Waals surface area contributed by atoms with Crippen LogP contribution in [0, 0.1) is 0 Å². The quantitative estimate of drug-likeness (QED) is 0.377. The van der Waals surface area contributed by atoms with Gasteiger partial charge in [0.2, 0.25) is 4.80 Å². The highest BCUT2D eigenvalue weighted by molar-refractivity contribution is 7.07. The van der Waals surface area contributed by atoms with Crippen LogP contribution in [0.1, 0.15) is 18.4 Å². The van der Waals surface area contributed by atoms with Crippen molar-refractivity contribution in [2.45, 2.75) is 12.8 Å². The molecule has 1 unspecified atom stereocenters. The molecule has 0 spiro atoms. The standard InChI is InChI=1S/C23H27N3O3S/c1-17(18-8-6-5-7-9-18)15-25-26-21(16-30-23(26)24-12-13-27-2)20-11-10-19(28-3)14-22(20)29-4/h5-11,14-17H,12-13H2,1-4H3. The summed E-state index contributed by atoms with van der Waals surface area (Å²) in [4.78, 5) is 5.46. The Kier molecular flexibility index (Phi) is 7.82. The maximum Gasteiger partial charge on any atom is 0.206 e. The van der Waals surface area contributed by atoms with Gasteiger partial charge in [0, 0.05) is 36.3 Å². The first-order valence-corrected chi connectivity index (χ1v) is 10.6. The van der Waals surface area contributed by atoms with E-state index in [1.807, 2.05) is 52.7 Å². The van der Waals surface area contributed by atoms with Crippen molar-refractivity contribution in [1.82, 2.24) is 4.68 Å². The number of hydrogen-bond acceptors (Lipinski definition) is 6. The highest BCUT2D eigenvalue weighted by Crippen LogP contribution is 2.33. The van der Waals surface area contributed by atoms with E-state index in [0.29, 0.717) is 13.2 Å². The minimum Gasteiger partial charge on any atom is -0.497 e. The zero-order valence-corrected chi connectivity index (χ0v) is 18.6. The summed E-state index contributed by atoms with van der Waals surface area (Å²) in [5, 5.41) is 6.84. The van der Waals surface area contributed by atoms with Crippen LogP contribution in [0.5, 0.6) is 11.5 Å². The monoisotopic (exact) mass is 425 g/mol. The molecule has 1 atom stereocenters. The van der Waals surface area contributed by atoms with Crippen LogP contribution in [0.3, 0.4) is 0 Å². The molecule has 0 radical (unpaired) electrons. The summed E-state index contributed by atoms with van der Waals surface area (Å²) in [6, 6.07) is 16.1. The van der Waals surface area contributed by atoms with E-state index < -0.39 is 0 Å². The fourth-order valence-corrected chi connectivity index (χ4v) is 3.81. The van der Waals surface area contributed by atoms with E-state index in [9.17, 15) is 0 Å². The van der Waals surface area contributed by atoms with Crippen molar-refractivity contribution in [3.63, 3.8) is 0 Å². The van der Waals surface area contributed by atoms with E-state index >= 15 is 0 Å². The smallest absolute Gasteiger partial charge is 0.206 e. The van der Waals surface area contributed by atoms with Crippen LogP contribution in [0.4, 0.5) is 0 Å². The Bertz CT molecular complexity index is 1040. The average molecular weight is 426 g/mol. The van der Waals surface area contributed by atoms with Crippen LogP contribution >= 0.6 is 11.3 Å². The minimum absolute atomic E-state index is 0.163. The van der Waals surface area contributed by atoms with Crippen LogP contribution in [-0.2, 0) is 4.74 Å². The summed E-state index contributed by atoms with van der Waals surface area (Å²) >= 11 is 1.54. The molecule has 3 rings (SSSR count). The number of aromatic nitrogens is 1. The van der Waals surface area contributed by atoms with Gasteiger partial charge in [-0.15, -0.1) is 11.3 Å². The molecule has 0 saturated heterocycles. The number of thiazole rings is 1. The van der Waals surface area contributed by atoms with Crippen LogP contribution in [-0.4, -0.2) is 45.4 Å². The number of benzene rings is 2. The number of methoxy groups -OCH3 is 3. The van der Waals surface area contributed by atoms with Crippen molar-refractivity contribution in [3.8, 4) is 22.8 Å². The van der Waals surface area contributed by atoms with Gasteiger partial charge in [-0.2, -0.15) is 5.10 Å². The summed E-state index contributed by atoms with van der Waals surface area (Å²) < 4.78 is 17.9. The van der Waals surface area contributed by atoms with Gasteiger partial charge in [-0.1, -0.05) is 37.3 Å². The Morgan fingerprint density at radius 2 is 1.87 bits per heavy atom. The van der Waals surface area contributed by atoms with Gasteiger partial charge in [-0.05, 0) is 17.7 Å². The molecule has 0 fully saturated rings. The van der Waals surface area contributed by atoms with Crippen molar-refractivity contribution >= 4 is 17.6 Å². The molecule has 2 aromatic carbocycles. The second-order valence-corrected chi connectivity index (χ2v) is 7.46. The molecule has 0 aliphatic rings. The van der Waals surface area contributed by atoms with E-state index in [0.717, 1.165) is 27.6 Å². The molecule has 1 aromatic heterocycles. The van der Waals surface area contributed by atoms with E-state index in [4.69, 9.17) is 19.3 Å². The molecule has 7 heteroatoms. The van der Waals surface area contributed by atoms with Gasteiger partial charge in [0.25, 0.3) is 0 Å². The van der Waals surface area contributed by atoms with Crippen molar-refractivity contribution in [2.24, 2.45) is 10.1 Å². The molecule has 0 amide bonds. The SMILES string of the molecule is COCCN=c1scc(-c2ccc(OC)cc2OC)n1N=CC(C)c1ccccc1. The number of hydrogen-bond donors (Lipinski definition) is 0. The Balaban J connectivity index is 2.04. The Morgan fingerprint density at radius 1 is 1.07 bits per heavy atom. The van der Waals surface area contributed by atoms with E-state index in [2.05, 4.69) is 24.0 Å². The fourth-order valence-electron chi connectivity index (χ4n) is 2.96. The lowest BCUT2D eigenvalue weighted by atomic mass is 10.0. The fraction of sp³-hybridized carbons (Fsp3) is 0.304. The van der Waals surface area contributed by atoms with Crippen LogP contribution in [0.15, 0.2) is 64.0 Å². The Morgan fingerprint density at radius 3 is 2.57 bits per heavy atom. The summed E-state index contributed by atoms with van der Waals surface area (Å²) in [5.74, 6) is 1.62. The van der Waals surface area contributed by atoms with Crippen molar-refractivity contribution in [1.29, 1.82) is 0 Å². The summed E-state index contributed by atoms with van der Waals surface area (Å²) in [6.45, 7) is 3.25. The summed E-state index contributed by atoms with van der Waals surface area (Å²) in [5.41, 5.74) is 3.04. The third kappa shape index (κ3) is 5.17. The van der Waals surface area contributed by atoms with Crippen LogP contribution in [0.25, 0.3) is 11.3 Å². The van der Waals surface area contributed by atoms with Gasteiger partial charge in [-0.25, -0.2) is 4.68 Å². The first-order chi connectivity index (χ1) is 14.7. The molecule has 0 saturated carbocycles. The molecule has 1 heterocycles. The second kappa shape index (κ2) is 10.8. The van der Waals surface area contributed by atoms with Crippen LogP contribution < -0.4 is 14.3 Å². The second-order valence-electron chi connectivity index (χ2n) is 6.62. The van der Waals surface area contributed by atoms with Gasteiger partial charge in [0.1, 0.15) is 11.5 Å². The van der Waals surface area contributed by atoms with Crippen molar-refractivity contribution < 1.29 is 14.2 Å². The zero-order chi connectivity index (χ0) is 21.3. The van der Waals surface area contributed by atoms with E-state index in [1.54, 1.807) is 21.3 Å². The van der Waals surface area contributed by atoms with Crippen molar-refractivity contribution in [2.75, 3.05) is 34.5 Å². The number of rotatable bonds is 9. The zero-order valence-electron chi connectivity index (χ0n) is 17.7. The Hall–Kier alpha value is -2.90. The Labute approximate surface area is 181 Å². The van der Waals surface area contributed by atoms with Gasteiger partial charge in [0.15, 0.2) is 0 Å². The maximum absolute atomic E-state index is 5.61. The number of ether oxygens (including phenoxy) is 3. The molecule has 0 bridgehead atoms. The topological polar surface area (TPSA) is 57.3 Å². The van der Waals surface area contributed by atoms with Gasteiger partial charge >= 0.3 is 0 Å². The van der Waals surface area contributed by atoms with Crippen molar-refractivity contribution in [3.05, 3.63) is 64.3 Å². The molecular weight excluding hydrogens is 398 g/mol. The lowest BCUT2D eigenvalue weighted by Crippen LogP contribution is -2.14. The summed E-state index contributed by atoms with van der Waals surface area (Å²) in [7, 11) is 4.96. The molecular formula is C23H27N3O3S. The third-order valence-corrected chi connectivity index (χ3v) is 5.50. The molecule has 3 aromatic rings. The van der Waals surface area contributed by atoms with Gasteiger partial charge in [0.05, 0.1) is 33.1 Å². The van der Waals surface area contributed by atoms with E-state index in [-0.39, 0.29) is 5.92 Å². The average Bonchev–Trinajstić information content (AvgIpc) is 3.20. The predicted molar refractivity (Wildman–Crippen MR) is 122 cm³/mol. The van der Waals surface area contributed by atoms with Gasteiger partial charge in [-0.3, -0.25) is 4.99 Å². The largest absolute Gasteiger partial charge is 0.497 e. The van der Waals surface area contributed by atoms with E-state index in [1.165, 1.54) is 16.9 Å². The normalized spacial score (nSPS) is 13.0. The lowest BCUT2D eigenvalue weighted by molar-refractivity contribution is 0.207. The first kappa shape index (κ1) is 21.8.